The maximum atomic E-state index is 5.41. The van der Waals surface area contributed by atoms with Gasteiger partial charge in [-0.25, -0.2) is 9.97 Å². The number of H-pyrrole nitrogens is 1. The van der Waals surface area contributed by atoms with Gasteiger partial charge in [-0.05, 0) is 18.6 Å². The Kier molecular flexibility index (Phi) is 6.68. The zero-order valence-corrected chi connectivity index (χ0v) is 17.1. The van der Waals surface area contributed by atoms with Gasteiger partial charge in [0, 0.05) is 44.0 Å². The van der Waals surface area contributed by atoms with Gasteiger partial charge in [0.1, 0.15) is 11.6 Å². The molecule has 3 N–H and O–H groups in total. The molecule has 8 heteroatoms. The van der Waals surface area contributed by atoms with Gasteiger partial charge in [0.15, 0.2) is 11.6 Å². The van der Waals surface area contributed by atoms with E-state index in [-0.39, 0.29) is 0 Å². The summed E-state index contributed by atoms with van der Waals surface area (Å²) in [7, 11) is 0. The molecule has 3 aromatic rings. The molecule has 1 saturated heterocycles. The van der Waals surface area contributed by atoms with Crippen LogP contribution in [-0.4, -0.2) is 64.5 Å². The third-order valence-electron chi connectivity index (χ3n) is 4.77. The summed E-state index contributed by atoms with van der Waals surface area (Å²) in [5.41, 5.74) is 2.09. The lowest BCUT2D eigenvalue weighted by atomic mass is 10.2. The normalized spacial score (nSPS) is 14.8. The van der Waals surface area contributed by atoms with Crippen molar-refractivity contribution in [2.75, 3.05) is 50.0 Å². The molecule has 0 bridgehead atoms. The molecule has 1 aromatic carbocycles. The van der Waals surface area contributed by atoms with Crippen LogP contribution in [0.3, 0.4) is 0 Å². The van der Waals surface area contributed by atoms with Gasteiger partial charge in [0.2, 0.25) is 0 Å². The van der Waals surface area contributed by atoms with E-state index in [0.717, 1.165) is 62.3 Å². The molecule has 0 radical (unpaired) electrons. The van der Waals surface area contributed by atoms with Crippen LogP contribution >= 0.6 is 0 Å². The first-order chi connectivity index (χ1) is 14.7. The minimum absolute atomic E-state index is 0.630. The fourth-order valence-corrected chi connectivity index (χ4v) is 3.21. The second-order valence-electron chi connectivity index (χ2n) is 7.18. The summed E-state index contributed by atoms with van der Waals surface area (Å²) >= 11 is 0. The molecule has 0 aliphatic carbocycles. The van der Waals surface area contributed by atoms with Crippen LogP contribution in [0.4, 0.5) is 17.5 Å². The number of rotatable bonds is 8. The highest BCUT2D eigenvalue weighted by atomic mass is 16.5. The van der Waals surface area contributed by atoms with Gasteiger partial charge in [-0.3, -0.25) is 10.00 Å². The summed E-state index contributed by atoms with van der Waals surface area (Å²) in [6.45, 7) is 7.27. The van der Waals surface area contributed by atoms with E-state index in [0.29, 0.717) is 11.6 Å². The van der Waals surface area contributed by atoms with Crippen molar-refractivity contribution < 1.29 is 4.74 Å². The first-order valence-corrected chi connectivity index (χ1v) is 10.2. The van der Waals surface area contributed by atoms with E-state index in [1.807, 2.05) is 61.5 Å². The predicted octanol–water partition coefficient (Wildman–Crippen LogP) is 3.17. The van der Waals surface area contributed by atoms with Crippen LogP contribution in [-0.2, 0) is 4.74 Å². The number of aromatic amines is 1. The van der Waals surface area contributed by atoms with Crippen molar-refractivity contribution in [2.24, 2.45) is 0 Å². The Bertz CT molecular complexity index is 965. The first kappa shape index (κ1) is 20.1. The van der Waals surface area contributed by atoms with Crippen molar-refractivity contribution in [3.8, 4) is 0 Å². The molecule has 0 unspecified atom stereocenters. The van der Waals surface area contributed by atoms with E-state index in [1.165, 1.54) is 0 Å². The first-order valence-electron chi connectivity index (χ1n) is 10.2. The quantitative estimate of drug-likeness (QED) is 0.530. The topological polar surface area (TPSA) is 91.0 Å². The van der Waals surface area contributed by atoms with Crippen LogP contribution in [0.5, 0.6) is 0 Å². The number of aromatic nitrogens is 4. The lowest BCUT2D eigenvalue weighted by molar-refractivity contribution is 0.0398. The molecular weight excluding hydrogens is 378 g/mol. The molecule has 0 amide bonds. The second-order valence-corrected chi connectivity index (χ2v) is 7.18. The maximum absolute atomic E-state index is 5.41. The van der Waals surface area contributed by atoms with Crippen LogP contribution in [0.25, 0.3) is 12.2 Å². The number of hydrogen-bond donors (Lipinski definition) is 3. The highest BCUT2D eigenvalue weighted by molar-refractivity contribution is 5.68. The van der Waals surface area contributed by atoms with Gasteiger partial charge in [0.05, 0.1) is 13.2 Å². The Morgan fingerprint density at radius 3 is 2.60 bits per heavy atom. The number of hydrogen-bond acceptors (Lipinski definition) is 7. The molecule has 1 aliphatic heterocycles. The summed E-state index contributed by atoms with van der Waals surface area (Å²) in [5, 5.41) is 13.8. The average molecular weight is 406 g/mol. The number of nitrogens with zero attached hydrogens (tertiary/aromatic N) is 4. The van der Waals surface area contributed by atoms with Crippen molar-refractivity contribution in [3.05, 3.63) is 59.5 Å². The molecule has 0 saturated carbocycles. The number of benzene rings is 1. The van der Waals surface area contributed by atoms with E-state index in [4.69, 9.17) is 4.74 Å². The van der Waals surface area contributed by atoms with Crippen molar-refractivity contribution >= 4 is 29.6 Å². The highest BCUT2D eigenvalue weighted by Gasteiger charge is 2.10. The van der Waals surface area contributed by atoms with Gasteiger partial charge < -0.3 is 15.4 Å². The van der Waals surface area contributed by atoms with Crippen molar-refractivity contribution in [3.63, 3.8) is 0 Å². The summed E-state index contributed by atoms with van der Waals surface area (Å²) in [6, 6.07) is 14.0. The van der Waals surface area contributed by atoms with Crippen LogP contribution in [0.15, 0.2) is 42.5 Å². The largest absolute Gasteiger partial charge is 0.379 e. The predicted molar refractivity (Wildman–Crippen MR) is 120 cm³/mol. The second kappa shape index (κ2) is 10.00. The summed E-state index contributed by atoms with van der Waals surface area (Å²) < 4.78 is 5.41. The minimum Gasteiger partial charge on any atom is -0.379 e. The van der Waals surface area contributed by atoms with Gasteiger partial charge in [-0.1, -0.05) is 36.4 Å². The molecule has 1 fully saturated rings. The molecule has 156 valence electrons. The fraction of sp³-hybridized carbons (Fsp3) is 0.318. The van der Waals surface area contributed by atoms with Crippen molar-refractivity contribution in [2.45, 2.75) is 6.92 Å². The third kappa shape index (κ3) is 5.88. The smallest absolute Gasteiger partial charge is 0.156 e. The standard InChI is InChI=1S/C22H27N7O/c1-17-15-22(28-27-17)26-21-16-20(23-9-10-29-11-13-30-14-12-29)24-19(25-21)8-7-18-5-3-2-4-6-18/h2-8,15-16H,9-14H2,1H3,(H3,23,24,25,26,27,28)/b8-7+. The lowest BCUT2D eigenvalue weighted by Crippen LogP contribution is -2.39. The van der Waals surface area contributed by atoms with Crippen molar-refractivity contribution in [1.29, 1.82) is 0 Å². The van der Waals surface area contributed by atoms with E-state index in [9.17, 15) is 0 Å². The zero-order chi connectivity index (χ0) is 20.6. The summed E-state index contributed by atoms with van der Waals surface area (Å²) in [5.74, 6) is 2.83. The Hall–Kier alpha value is -3.23. The average Bonchev–Trinajstić information content (AvgIpc) is 3.18. The fourth-order valence-electron chi connectivity index (χ4n) is 3.21. The van der Waals surface area contributed by atoms with E-state index < -0.39 is 0 Å². The number of nitrogens with one attached hydrogen (secondary N) is 3. The van der Waals surface area contributed by atoms with E-state index >= 15 is 0 Å². The van der Waals surface area contributed by atoms with Gasteiger partial charge in [-0.2, -0.15) is 5.10 Å². The van der Waals surface area contributed by atoms with Crippen LogP contribution < -0.4 is 10.6 Å². The van der Waals surface area contributed by atoms with Gasteiger partial charge in [-0.15, -0.1) is 0 Å². The highest BCUT2D eigenvalue weighted by Crippen LogP contribution is 2.18. The van der Waals surface area contributed by atoms with Gasteiger partial charge >= 0.3 is 0 Å². The van der Waals surface area contributed by atoms with Crippen LogP contribution in [0.1, 0.15) is 17.1 Å². The summed E-state index contributed by atoms with van der Waals surface area (Å²) in [6.07, 6.45) is 3.93. The Morgan fingerprint density at radius 2 is 1.83 bits per heavy atom. The molecule has 3 heterocycles. The molecule has 30 heavy (non-hydrogen) atoms. The third-order valence-corrected chi connectivity index (χ3v) is 4.77. The molecular formula is C22H27N7O. The molecule has 0 atom stereocenters. The van der Waals surface area contributed by atoms with Gasteiger partial charge in [0.25, 0.3) is 0 Å². The Balaban J connectivity index is 1.48. The van der Waals surface area contributed by atoms with E-state index in [2.05, 4.69) is 35.7 Å². The molecule has 4 rings (SSSR count). The van der Waals surface area contributed by atoms with Crippen LogP contribution in [0.2, 0.25) is 0 Å². The van der Waals surface area contributed by atoms with Crippen molar-refractivity contribution in [1.82, 2.24) is 25.1 Å². The zero-order valence-electron chi connectivity index (χ0n) is 17.1. The summed E-state index contributed by atoms with van der Waals surface area (Å²) in [4.78, 5) is 11.7. The monoisotopic (exact) mass is 405 g/mol. The van der Waals surface area contributed by atoms with Crippen LogP contribution in [0, 0.1) is 6.92 Å². The number of morpholine rings is 1. The Morgan fingerprint density at radius 1 is 1.03 bits per heavy atom. The molecule has 1 aliphatic rings. The molecule has 0 spiro atoms. The molecule has 8 nitrogen and oxygen atoms in total. The number of aryl methyl sites for hydroxylation is 1. The lowest BCUT2D eigenvalue weighted by Gasteiger charge is -2.26. The van der Waals surface area contributed by atoms with E-state index in [1.54, 1.807) is 0 Å². The SMILES string of the molecule is Cc1cc(Nc2cc(NCCN3CCOCC3)nc(/C=C/c3ccccc3)n2)n[nH]1. The number of ether oxygens (including phenoxy) is 1. The number of anilines is 3. The maximum Gasteiger partial charge on any atom is 0.156 e. The minimum atomic E-state index is 0.630. The Labute approximate surface area is 176 Å². The molecule has 2 aromatic heterocycles.